The summed E-state index contributed by atoms with van der Waals surface area (Å²) in [7, 11) is -9.03. The molecule has 16 heteroatoms. The van der Waals surface area contributed by atoms with Gasteiger partial charge in [-0.2, -0.15) is 4.37 Å². The number of rotatable bonds is 5. The lowest BCUT2D eigenvalue weighted by Crippen LogP contribution is -2.08. The van der Waals surface area contributed by atoms with E-state index in [1.807, 2.05) is 0 Å². The van der Waals surface area contributed by atoms with Gasteiger partial charge < -0.3 is 9.66 Å². The summed E-state index contributed by atoms with van der Waals surface area (Å²) in [4.78, 5) is -1.29. The largest absolute Gasteiger partial charge is 0.872 e. The van der Waals surface area contributed by atoms with Crippen molar-refractivity contribution in [3.63, 3.8) is 0 Å². The smallest absolute Gasteiger partial charge is 0.188 e. The summed E-state index contributed by atoms with van der Waals surface area (Å²) in [6, 6.07) is 0.723. The van der Waals surface area contributed by atoms with Crippen LogP contribution in [0.3, 0.4) is 0 Å². The van der Waals surface area contributed by atoms with Gasteiger partial charge in [0, 0.05) is 11.6 Å². The molecule has 1 N–H and O–H groups in total. The highest BCUT2D eigenvalue weighted by Crippen LogP contribution is 2.40. The third-order valence-electron chi connectivity index (χ3n) is 3.05. The van der Waals surface area contributed by atoms with Gasteiger partial charge in [-0.25, -0.2) is 22.1 Å². The third-order valence-corrected chi connectivity index (χ3v) is 7.21. The van der Waals surface area contributed by atoms with Gasteiger partial charge in [-0.15, -0.1) is 14.5 Å². The molecule has 0 atom stereocenters. The highest BCUT2D eigenvalue weighted by molar-refractivity contribution is 7.94. The van der Waals surface area contributed by atoms with Crippen LogP contribution in [0.1, 0.15) is 0 Å². The Balaban J connectivity index is 2.54. The monoisotopic (exact) mass is 439 g/mol. The van der Waals surface area contributed by atoms with Gasteiger partial charge >= 0.3 is 0 Å². The SMILES string of the molecule is CS(=O)(=O)c1snc2c1nnc1c(SOOO)cc([O-])c(S(=O)(=O)[O-])c12. The van der Waals surface area contributed by atoms with Gasteiger partial charge in [0.15, 0.2) is 14.0 Å². The molecule has 2 aromatic heterocycles. The Labute approximate surface area is 153 Å². The predicted molar refractivity (Wildman–Crippen MR) is 83.9 cm³/mol. The fourth-order valence-corrected chi connectivity index (χ4v) is 5.10. The van der Waals surface area contributed by atoms with E-state index in [-0.39, 0.29) is 25.7 Å². The average molecular weight is 439 g/mol. The predicted octanol–water partition coefficient (Wildman–Crippen LogP) is 0.0490. The quantitative estimate of drug-likeness (QED) is 0.243. The molecule has 0 saturated heterocycles. The summed E-state index contributed by atoms with van der Waals surface area (Å²) < 4.78 is 66.1. The number of benzene rings is 1. The van der Waals surface area contributed by atoms with Crippen molar-refractivity contribution >= 4 is 65.5 Å². The van der Waals surface area contributed by atoms with Crippen LogP contribution in [0.15, 0.2) is 20.1 Å². The molecule has 0 radical (unpaired) electrons. The molecule has 1 aromatic carbocycles. The van der Waals surface area contributed by atoms with Crippen molar-refractivity contribution in [1.82, 2.24) is 14.6 Å². The van der Waals surface area contributed by atoms with Crippen LogP contribution in [-0.2, 0) is 29.3 Å². The van der Waals surface area contributed by atoms with Crippen molar-refractivity contribution in [1.29, 1.82) is 0 Å². The highest BCUT2D eigenvalue weighted by atomic mass is 32.2. The molecule has 0 aliphatic rings. The summed E-state index contributed by atoms with van der Waals surface area (Å²) in [6.07, 6.45) is 0.884. The fraction of sp³-hybridized carbons (Fsp3) is 0.100. The number of fused-ring (bicyclic) bond motifs is 3. The lowest BCUT2D eigenvalue weighted by Gasteiger charge is -2.20. The normalized spacial score (nSPS) is 12.9. The van der Waals surface area contributed by atoms with Crippen LogP contribution in [-0.4, -0.2) is 47.5 Å². The van der Waals surface area contributed by atoms with Crippen molar-refractivity contribution in [3.05, 3.63) is 6.07 Å². The zero-order valence-corrected chi connectivity index (χ0v) is 15.5. The van der Waals surface area contributed by atoms with Gasteiger partial charge in [-0.1, -0.05) is 16.9 Å². The van der Waals surface area contributed by atoms with Crippen molar-refractivity contribution in [3.8, 4) is 5.75 Å². The molecule has 0 unspecified atom stereocenters. The van der Waals surface area contributed by atoms with Crippen LogP contribution in [0, 0.1) is 0 Å². The van der Waals surface area contributed by atoms with Crippen LogP contribution < -0.4 is 5.11 Å². The first-order valence-corrected chi connectivity index (χ1v) is 11.0. The second-order valence-corrected chi connectivity index (χ2v) is 9.79. The van der Waals surface area contributed by atoms with Crippen LogP contribution in [0.4, 0.5) is 0 Å². The molecule has 0 amide bonds. The number of hydrogen-bond acceptors (Lipinski definition) is 14. The maximum atomic E-state index is 12.2. The molecular weight excluding hydrogens is 434 g/mol. The Bertz CT molecular complexity index is 1240. The molecule has 3 aromatic rings. The Morgan fingerprint density at radius 2 is 1.85 bits per heavy atom. The van der Waals surface area contributed by atoms with E-state index in [1.165, 1.54) is 0 Å². The molecule has 26 heavy (non-hydrogen) atoms. The first-order valence-electron chi connectivity index (χ1n) is 6.16. The third kappa shape index (κ3) is 3.21. The summed E-state index contributed by atoms with van der Waals surface area (Å²) in [5.74, 6) is -1.19. The zero-order chi connectivity index (χ0) is 19.3. The molecule has 12 nitrogen and oxygen atoms in total. The van der Waals surface area contributed by atoms with Crippen LogP contribution in [0.5, 0.6) is 5.75 Å². The van der Waals surface area contributed by atoms with E-state index in [0.717, 1.165) is 12.3 Å². The van der Waals surface area contributed by atoms with Crippen LogP contribution in [0.25, 0.3) is 21.9 Å². The van der Waals surface area contributed by atoms with Gasteiger partial charge in [0.2, 0.25) is 0 Å². The van der Waals surface area contributed by atoms with E-state index in [2.05, 4.69) is 23.9 Å². The Kier molecular flexibility index (Phi) is 4.78. The number of aromatic nitrogens is 3. The first-order chi connectivity index (χ1) is 12.1. The van der Waals surface area contributed by atoms with Crippen molar-refractivity contribution in [2.75, 3.05) is 6.26 Å². The summed E-state index contributed by atoms with van der Waals surface area (Å²) in [6.45, 7) is 0. The average Bonchev–Trinajstić information content (AvgIpc) is 2.95. The van der Waals surface area contributed by atoms with E-state index in [0.29, 0.717) is 23.6 Å². The number of nitrogens with zero attached hydrogens (tertiary/aromatic N) is 3. The summed E-state index contributed by atoms with van der Waals surface area (Å²) in [5.41, 5.74) is -0.853. The topological polar surface area (TPSA) is 192 Å². The maximum absolute atomic E-state index is 12.2. The van der Waals surface area contributed by atoms with Crippen molar-refractivity contribution < 1.29 is 41.1 Å². The Morgan fingerprint density at radius 1 is 1.19 bits per heavy atom. The second kappa shape index (κ2) is 6.50. The Morgan fingerprint density at radius 3 is 2.42 bits per heavy atom. The molecule has 0 aliphatic heterocycles. The molecular formula is C10H5N3O9S4-2. The zero-order valence-electron chi connectivity index (χ0n) is 12.3. The minimum atomic E-state index is -5.26. The lowest BCUT2D eigenvalue weighted by molar-refractivity contribution is -0.432. The van der Waals surface area contributed by atoms with E-state index >= 15 is 0 Å². The van der Waals surface area contributed by atoms with E-state index < -0.39 is 36.0 Å². The van der Waals surface area contributed by atoms with Crippen molar-refractivity contribution in [2.45, 2.75) is 14.0 Å². The number of sulfone groups is 1. The van der Waals surface area contributed by atoms with Crippen LogP contribution in [0.2, 0.25) is 0 Å². The standard InChI is InChI=1S/C10H7N3O9S4/c1-25(16,17)10-8-7(13-23-10)5-6(11-12-8)4(24-22-21-15)2-3(14)9(5)26(18,19)20/h2,14-15H,1H3,(H,18,19,20)/p-2. The minimum absolute atomic E-state index is 0.144. The molecule has 3 rings (SSSR count). The van der Waals surface area contributed by atoms with Gasteiger partial charge in [0.05, 0.1) is 21.8 Å². The molecule has 2 heterocycles. The van der Waals surface area contributed by atoms with E-state index in [4.69, 9.17) is 5.26 Å². The maximum Gasteiger partial charge on any atom is 0.188 e. The van der Waals surface area contributed by atoms with E-state index in [9.17, 15) is 26.5 Å². The van der Waals surface area contributed by atoms with Crippen molar-refractivity contribution in [2.24, 2.45) is 0 Å². The number of hydrogen-bond donors (Lipinski definition) is 1. The summed E-state index contributed by atoms with van der Waals surface area (Å²) >= 11 is 0.782. The molecule has 0 bridgehead atoms. The first kappa shape index (κ1) is 19.1. The van der Waals surface area contributed by atoms with Gasteiger partial charge in [-0.3, -0.25) is 0 Å². The fourth-order valence-electron chi connectivity index (χ4n) is 2.16. The highest BCUT2D eigenvalue weighted by Gasteiger charge is 2.24. The second-order valence-electron chi connectivity index (χ2n) is 4.75. The van der Waals surface area contributed by atoms with Gasteiger partial charge in [0.1, 0.15) is 26.7 Å². The minimum Gasteiger partial charge on any atom is -0.872 e. The molecule has 0 spiro atoms. The summed E-state index contributed by atoms with van der Waals surface area (Å²) in [5, 5.41) is 30.7. The van der Waals surface area contributed by atoms with Crippen LogP contribution >= 0.6 is 23.6 Å². The Hall–Kier alpha value is -1.66. The van der Waals surface area contributed by atoms with E-state index in [1.54, 1.807) is 0 Å². The molecule has 140 valence electrons. The molecule has 0 fully saturated rings. The lowest BCUT2D eigenvalue weighted by atomic mass is 10.2. The van der Waals surface area contributed by atoms with Gasteiger partial charge in [-0.05, 0) is 11.5 Å². The van der Waals surface area contributed by atoms with Gasteiger partial charge in [0.25, 0.3) is 0 Å². The molecule has 0 aliphatic carbocycles. The molecule has 0 saturated carbocycles.